The van der Waals surface area contributed by atoms with Crippen molar-refractivity contribution < 1.29 is 9.18 Å². The quantitative estimate of drug-likeness (QED) is 0.759. The zero-order chi connectivity index (χ0) is 17.1. The normalized spacial score (nSPS) is 13.1. The van der Waals surface area contributed by atoms with E-state index in [1.54, 1.807) is 23.9 Å². The van der Waals surface area contributed by atoms with E-state index in [-0.39, 0.29) is 29.8 Å². The molecule has 1 amide bonds. The lowest BCUT2D eigenvalue weighted by molar-refractivity contribution is 0.102. The number of thioether (sulfide) groups is 1. The predicted molar refractivity (Wildman–Crippen MR) is 104 cm³/mol. The van der Waals surface area contributed by atoms with Gasteiger partial charge in [0.15, 0.2) is 0 Å². The van der Waals surface area contributed by atoms with Gasteiger partial charge in [-0.2, -0.15) is 0 Å². The van der Waals surface area contributed by atoms with E-state index < -0.39 is 0 Å². The number of hydrogen-bond acceptors (Lipinski definition) is 3. The Hall–Kier alpha value is -1.56. The van der Waals surface area contributed by atoms with Crippen molar-refractivity contribution in [1.82, 2.24) is 5.32 Å². The summed E-state index contributed by atoms with van der Waals surface area (Å²) in [5, 5.41) is 6.33. The van der Waals surface area contributed by atoms with Crippen molar-refractivity contribution in [1.29, 1.82) is 0 Å². The first-order valence-electron chi connectivity index (χ1n) is 8.14. The Morgan fingerprint density at radius 1 is 1.24 bits per heavy atom. The Morgan fingerprint density at radius 2 is 2.00 bits per heavy atom. The first-order chi connectivity index (χ1) is 11.6. The van der Waals surface area contributed by atoms with Gasteiger partial charge in [0.25, 0.3) is 5.91 Å². The van der Waals surface area contributed by atoms with E-state index >= 15 is 0 Å². The van der Waals surface area contributed by atoms with Crippen molar-refractivity contribution >= 4 is 35.8 Å². The summed E-state index contributed by atoms with van der Waals surface area (Å²) in [5.74, 6) is -0.581. The Kier molecular flexibility index (Phi) is 6.87. The topological polar surface area (TPSA) is 41.1 Å². The SMILES string of the molecule is CC(C)Sc1ccccc1C(=O)Nc1ccc2c(c1F)CCNC2.Cl. The highest BCUT2D eigenvalue weighted by molar-refractivity contribution is 8.00. The maximum Gasteiger partial charge on any atom is 0.256 e. The third-order valence-corrected chi connectivity index (χ3v) is 5.03. The van der Waals surface area contributed by atoms with Gasteiger partial charge in [0.1, 0.15) is 5.82 Å². The highest BCUT2D eigenvalue weighted by Crippen LogP contribution is 2.29. The second-order valence-electron chi connectivity index (χ2n) is 6.11. The second-order valence-corrected chi connectivity index (χ2v) is 7.73. The van der Waals surface area contributed by atoms with Crippen molar-refractivity contribution in [2.45, 2.75) is 37.0 Å². The Bertz CT molecular complexity index is 767. The van der Waals surface area contributed by atoms with Crippen LogP contribution in [0.1, 0.15) is 35.3 Å². The van der Waals surface area contributed by atoms with Gasteiger partial charge in [0.05, 0.1) is 11.3 Å². The van der Waals surface area contributed by atoms with Crippen molar-refractivity contribution in [2.24, 2.45) is 0 Å². The summed E-state index contributed by atoms with van der Waals surface area (Å²) >= 11 is 1.63. The van der Waals surface area contributed by atoms with Gasteiger partial charge in [-0.25, -0.2) is 4.39 Å². The molecule has 0 saturated heterocycles. The largest absolute Gasteiger partial charge is 0.319 e. The van der Waals surface area contributed by atoms with Crippen LogP contribution < -0.4 is 10.6 Å². The molecular weight excluding hydrogens is 359 g/mol. The molecule has 3 rings (SSSR count). The number of fused-ring (bicyclic) bond motifs is 1. The van der Waals surface area contributed by atoms with Crippen molar-refractivity contribution in [3.8, 4) is 0 Å². The number of benzene rings is 2. The molecule has 3 nitrogen and oxygen atoms in total. The molecule has 0 fully saturated rings. The van der Waals surface area contributed by atoms with Crippen LogP contribution in [0.25, 0.3) is 0 Å². The first-order valence-corrected chi connectivity index (χ1v) is 9.02. The number of amides is 1. The van der Waals surface area contributed by atoms with E-state index in [2.05, 4.69) is 24.5 Å². The molecule has 25 heavy (non-hydrogen) atoms. The highest BCUT2D eigenvalue weighted by atomic mass is 35.5. The van der Waals surface area contributed by atoms with Crippen LogP contribution in [-0.4, -0.2) is 17.7 Å². The van der Waals surface area contributed by atoms with Crippen LogP contribution in [0.5, 0.6) is 0 Å². The number of hydrogen-bond donors (Lipinski definition) is 2. The lowest BCUT2D eigenvalue weighted by Crippen LogP contribution is -2.25. The first kappa shape index (κ1) is 19.8. The minimum Gasteiger partial charge on any atom is -0.319 e. The van der Waals surface area contributed by atoms with E-state index in [0.29, 0.717) is 29.3 Å². The minimum absolute atomic E-state index is 0. The molecule has 1 aliphatic heterocycles. The van der Waals surface area contributed by atoms with Gasteiger partial charge in [-0.1, -0.05) is 32.0 Å². The Balaban J connectivity index is 0.00000225. The van der Waals surface area contributed by atoms with Gasteiger partial charge < -0.3 is 10.6 Å². The van der Waals surface area contributed by atoms with Crippen LogP contribution in [0, 0.1) is 5.82 Å². The number of anilines is 1. The van der Waals surface area contributed by atoms with E-state index in [9.17, 15) is 9.18 Å². The lowest BCUT2D eigenvalue weighted by Gasteiger charge is -2.19. The molecule has 2 aromatic carbocycles. The van der Waals surface area contributed by atoms with Gasteiger partial charge in [0.2, 0.25) is 0 Å². The summed E-state index contributed by atoms with van der Waals surface area (Å²) in [7, 11) is 0. The van der Waals surface area contributed by atoms with Gasteiger partial charge in [-0.3, -0.25) is 4.79 Å². The van der Waals surface area contributed by atoms with Crippen LogP contribution in [0.4, 0.5) is 10.1 Å². The fraction of sp³-hybridized carbons (Fsp3) is 0.316. The summed E-state index contributed by atoms with van der Waals surface area (Å²) in [6.45, 7) is 5.59. The number of rotatable bonds is 4. The Labute approximate surface area is 158 Å². The van der Waals surface area contributed by atoms with E-state index in [0.717, 1.165) is 17.0 Å². The van der Waals surface area contributed by atoms with Crippen LogP contribution in [0.2, 0.25) is 0 Å². The maximum atomic E-state index is 14.7. The van der Waals surface area contributed by atoms with Gasteiger partial charge >= 0.3 is 0 Å². The average molecular weight is 381 g/mol. The molecular formula is C19H22ClFN2OS. The van der Waals surface area contributed by atoms with Crippen molar-refractivity contribution in [3.05, 3.63) is 58.9 Å². The summed E-state index contributed by atoms with van der Waals surface area (Å²) in [6.07, 6.45) is 0.644. The molecule has 0 bridgehead atoms. The monoisotopic (exact) mass is 380 g/mol. The average Bonchev–Trinajstić information content (AvgIpc) is 2.57. The fourth-order valence-corrected chi connectivity index (χ4v) is 3.78. The molecule has 0 unspecified atom stereocenters. The van der Waals surface area contributed by atoms with Gasteiger partial charge in [0, 0.05) is 16.7 Å². The van der Waals surface area contributed by atoms with Crippen LogP contribution in [0.15, 0.2) is 41.3 Å². The number of halogens is 2. The molecule has 0 aliphatic carbocycles. The van der Waals surface area contributed by atoms with E-state index in [4.69, 9.17) is 0 Å². The van der Waals surface area contributed by atoms with Crippen LogP contribution >= 0.6 is 24.2 Å². The molecule has 2 N–H and O–H groups in total. The van der Waals surface area contributed by atoms with Crippen molar-refractivity contribution in [3.63, 3.8) is 0 Å². The van der Waals surface area contributed by atoms with E-state index in [1.807, 2.05) is 24.3 Å². The Morgan fingerprint density at radius 3 is 2.76 bits per heavy atom. The standard InChI is InChI=1S/C19H21FN2OS.ClH/c1-12(2)24-17-6-4-3-5-15(17)19(23)22-16-8-7-13-11-21-10-9-14(13)18(16)20;/h3-8,12,21H,9-11H2,1-2H3,(H,22,23);1H. The number of carbonyl (C=O) groups excluding carboxylic acids is 1. The second kappa shape index (κ2) is 8.70. The molecule has 134 valence electrons. The highest BCUT2D eigenvalue weighted by Gasteiger charge is 2.19. The minimum atomic E-state index is -0.309. The number of nitrogens with one attached hydrogen (secondary N) is 2. The zero-order valence-electron chi connectivity index (χ0n) is 14.3. The number of carbonyl (C=O) groups is 1. The van der Waals surface area contributed by atoms with Crippen molar-refractivity contribution in [2.75, 3.05) is 11.9 Å². The van der Waals surface area contributed by atoms with Gasteiger partial charge in [-0.05, 0) is 42.3 Å². The molecule has 0 saturated carbocycles. The van der Waals surface area contributed by atoms with Crippen LogP contribution in [-0.2, 0) is 13.0 Å². The third-order valence-electron chi connectivity index (χ3n) is 3.95. The fourth-order valence-electron chi connectivity index (χ4n) is 2.83. The zero-order valence-corrected chi connectivity index (χ0v) is 15.9. The predicted octanol–water partition coefficient (Wildman–Crippen LogP) is 4.65. The van der Waals surface area contributed by atoms with E-state index in [1.165, 1.54) is 0 Å². The molecule has 1 aliphatic rings. The molecule has 0 atom stereocenters. The molecule has 1 heterocycles. The van der Waals surface area contributed by atoms with Gasteiger partial charge in [-0.15, -0.1) is 24.2 Å². The summed E-state index contributed by atoms with van der Waals surface area (Å²) < 4.78 is 14.7. The maximum absolute atomic E-state index is 14.7. The molecule has 0 radical (unpaired) electrons. The molecule has 2 aromatic rings. The molecule has 6 heteroatoms. The van der Waals surface area contributed by atoms with Crippen LogP contribution in [0.3, 0.4) is 0 Å². The summed E-state index contributed by atoms with van der Waals surface area (Å²) in [4.78, 5) is 13.5. The summed E-state index contributed by atoms with van der Waals surface area (Å²) in [5.41, 5.74) is 2.50. The smallest absolute Gasteiger partial charge is 0.256 e. The lowest BCUT2D eigenvalue weighted by atomic mass is 9.99. The molecule has 0 spiro atoms. The molecule has 0 aromatic heterocycles. The summed E-state index contributed by atoms with van der Waals surface area (Å²) in [6, 6.07) is 11.0. The third kappa shape index (κ3) is 4.54.